The van der Waals surface area contributed by atoms with Gasteiger partial charge in [-0.05, 0) is 25.9 Å². The summed E-state index contributed by atoms with van der Waals surface area (Å²) in [6.45, 7) is 9.96. The minimum absolute atomic E-state index is 0.513. The summed E-state index contributed by atoms with van der Waals surface area (Å²) in [5.41, 5.74) is 0. The molecule has 1 saturated heterocycles. The Hall–Kier alpha value is -0.870. The molecule has 1 aliphatic heterocycles. The Morgan fingerprint density at radius 3 is 2.76 bits per heavy atom. The average Bonchev–Trinajstić information content (AvgIpc) is 2.95. The Morgan fingerprint density at radius 2 is 2.06 bits per heavy atom. The van der Waals surface area contributed by atoms with E-state index in [2.05, 4.69) is 39.8 Å². The highest BCUT2D eigenvalue weighted by Crippen LogP contribution is 2.07. The molecule has 0 aromatic carbocycles. The summed E-state index contributed by atoms with van der Waals surface area (Å²) in [4.78, 5) is 6.96. The maximum Gasteiger partial charge on any atom is 0.122 e. The van der Waals surface area contributed by atoms with Gasteiger partial charge in [-0.3, -0.25) is 0 Å². The number of aromatic nitrogens is 2. The second kappa shape index (κ2) is 6.17. The highest BCUT2D eigenvalue weighted by molar-refractivity contribution is 4.92. The predicted octanol–water partition coefficient (Wildman–Crippen LogP) is 1.48. The fourth-order valence-electron chi connectivity index (χ4n) is 2.26. The number of rotatable bonds is 6. The SMILES string of the molecule is CC(C)NCc1nccn1CCN1CCCC1. The van der Waals surface area contributed by atoms with Gasteiger partial charge in [0.05, 0.1) is 6.54 Å². The number of hydrogen-bond donors (Lipinski definition) is 1. The van der Waals surface area contributed by atoms with Gasteiger partial charge in [0.2, 0.25) is 0 Å². The number of likely N-dealkylation sites (tertiary alicyclic amines) is 1. The third kappa shape index (κ3) is 3.82. The van der Waals surface area contributed by atoms with Crippen molar-refractivity contribution in [3.8, 4) is 0 Å². The fraction of sp³-hybridized carbons (Fsp3) is 0.769. The van der Waals surface area contributed by atoms with E-state index >= 15 is 0 Å². The minimum Gasteiger partial charge on any atom is -0.333 e. The van der Waals surface area contributed by atoms with Crippen LogP contribution in [0.3, 0.4) is 0 Å². The van der Waals surface area contributed by atoms with Crippen molar-refractivity contribution in [2.75, 3.05) is 19.6 Å². The molecule has 0 spiro atoms. The van der Waals surface area contributed by atoms with Crippen LogP contribution in [-0.4, -0.2) is 40.1 Å². The van der Waals surface area contributed by atoms with Crippen LogP contribution in [0.2, 0.25) is 0 Å². The Kier molecular flexibility index (Phi) is 4.57. The summed E-state index contributed by atoms with van der Waals surface area (Å²) in [5, 5.41) is 3.42. The van der Waals surface area contributed by atoms with Crippen LogP contribution in [0, 0.1) is 0 Å². The van der Waals surface area contributed by atoms with E-state index in [0.717, 1.165) is 25.5 Å². The zero-order valence-electron chi connectivity index (χ0n) is 11.0. The van der Waals surface area contributed by atoms with Crippen LogP contribution in [0.1, 0.15) is 32.5 Å². The lowest BCUT2D eigenvalue weighted by molar-refractivity contribution is 0.319. The summed E-state index contributed by atoms with van der Waals surface area (Å²) in [7, 11) is 0. The molecular formula is C13H24N4. The lowest BCUT2D eigenvalue weighted by atomic mass is 10.4. The summed E-state index contributed by atoms with van der Waals surface area (Å²) in [6, 6.07) is 0.513. The monoisotopic (exact) mass is 236 g/mol. The summed E-state index contributed by atoms with van der Waals surface area (Å²) in [6.07, 6.45) is 6.73. The van der Waals surface area contributed by atoms with Crippen molar-refractivity contribution in [1.29, 1.82) is 0 Å². The molecule has 0 unspecified atom stereocenters. The normalized spacial score (nSPS) is 17.1. The Balaban J connectivity index is 1.80. The molecule has 0 saturated carbocycles. The van der Waals surface area contributed by atoms with Crippen molar-refractivity contribution in [3.05, 3.63) is 18.2 Å². The van der Waals surface area contributed by atoms with Gasteiger partial charge in [-0.1, -0.05) is 13.8 Å². The first-order valence-electron chi connectivity index (χ1n) is 6.71. The van der Waals surface area contributed by atoms with Crippen LogP contribution in [0.25, 0.3) is 0 Å². The van der Waals surface area contributed by atoms with Crippen LogP contribution in [-0.2, 0) is 13.1 Å². The zero-order valence-corrected chi connectivity index (χ0v) is 11.0. The first-order valence-corrected chi connectivity index (χ1v) is 6.71. The molecule has 2 heterocycles. The van der Waals surface area contributed by atoms with Crippen LogP contribution in [0.4, 0.5) is 0 Å². The second-order valence-electron chi connectivity index (χ2n) is 5.12. The molecule has 0 amide bonds. The molecule has 0 radical (unpaired) electrons. The van der Waals surface area contributed by atoms with E-state index < -0.39 is 0 Å². The van der Waals surface area contributed by atoms with Crippen molar-refractivity contribution in [3.63, 3.8) is 0 Å². The Bertz CT molecular complexity index is 326. The highest BCUT2D eigenvalue weighted by Gasteiger charge is 2.11. The van der Waals surface area contributed by atoms with E-state index in [9.17, 15) is 0 Å². The quantitative estimate of drug-likeness (QED) is 0.812. The van der Waals surface area contributed by atoms with E-state index in [1.165, 1.54) is 25.9 Å². The molecule has 1 aromatic rings. The largest absolute Gasteiger partial charge is 0.333 e. The Labute approximate surface area is 104 Å². The first-order chi connectivity index (χ1) is 8.25. The number of nitrogens with zero attached hydrogens (tertiary/aromatic N) is 3. The molecule has 1 N–H and O–H groups in total. The van der Waals surface area contributed by atoms with E-state index in [1.54, 1.807) is 0 Å². The molecule has 1 fully saturated rings. The second-order valence-corrected chi connectivity index (χ2v) is 5.12. The van der Waals surface area contributed by atoms with Crippen molar-refractivity contribution in [2.45, 2.75) is 45.8 Å². The van der Waals surface area contributed by atoms with Gasteiger partial charge < -0.3 is 14.8 Å². The van der Waals surface area contributed by atoms with Gasteiger partial charge in [0, 0.05) is 31.5 Å². The van der Waals surface area contributed by atoms with E-state index in [0.29, 0.717) is 6.04 Å². The summed E-state index contributed by atoms with van der Waals surface area (Å²) >= 11 is 0. The first kappa shape index (κ1) is 12.6. The van der Waals surface area contributed by atoms with Gasteiger partial charge in [0.15, 0.2) is 0 Å². The van der Waals surface area contributed by atoms with Crippen molar-refractivity contribution < 1.29 is 0 Å². The molecule has 96 valence electrons. The molecule has 0 aliphatic carbocycles. The maximum atomic E-state index is 4.42. The molecule has 0 atom stereocenters. The highest BCUT2D eigenvalue weighted by atomic mass is 15.2. The predicted molar refractivity (Wildman–Crippen MR) is 69.9 cm³/mol. The molecular weight excluding hydrogens is 212 g/mol. The number of nitrogens with one attached hydrogen (secondary N) is 1. The van der Waals surface area contributed by atoms with Crippen LogP contribution in [0.15, 0.2) is 12.4 Å². The van der Waals surface area contributed by atoms with Crippen LogP contribution >= 0.6 is 0 Å². The minimum atomic E-state index is 0.513. The third-order valence-corrected chi connectivity index (χ3v) is 3.33. The molecule has 1 aromatic heterocycles. The van der Waals surface area contributed by atoms with Gasteiger partial charge in [0.25, 0.3) is 0 Å². The molecule has 17 heavy (non-hydrogen) atoms. The fourth-order valence-corrected chi connectivity index (χ4v) is 2.26. The summed E-state index contributed by atoms with van der Waals surface area (Å²) < 4.78 is 2.27. The molecule has 2 rings (SSSR count). The van der Waals surface area contributed by atoms with Crippen molar-refractivity contribution in [1.82, 2.24) is 19.8 Å². The van der Waals surface area contributed by atoms with E-state index in [1.807, 2.05) is 6.20 Å². The molecule has 4 nitrogen and oxygen atoms in total. The van der Waals surface area contributed by atoms with Gasteiger partial charge in [-0.2, -0.15) is 0 Å². The van der Waals surface area contributed by atoms with Gasteiger partial charge in [0.1, 0.15) is 5.82 Å². The molecule has 1 aliphatic rings. The zero-order chi connectivity index (χ0) is 12.1. The van der Waals surface area contributed by atoms with E-state index in [4.69, 9.17) is 0 Å². The van der Waals surface area contributed by atoms with Gasteiger partial charge >= 0.3 is 0 Å². The standard InChI is InChI=1S/C13H24N4/c1-12(2)15-11-13-14-5-8-17(13)10-9-16-6-3-4-7-16/h5,8,12,15H,3-4,6-7,9-11H2,1-2H3. The number of hydrogen-bond acceptors (Lipinski definition) is 3. The third-order valence-electron chi connectivity index (χ3n) is 3.33. The topological polar surface area (TPSA) is 33.1 Å². The van der Waals surface area contributed by atoms with Gasteiger partial charge in [-0.25, -0.2) is 4.98 Å². The lowest BCUT2D eigenvalue weighted by Crippen LogP contribution is -2.27. The van der Waals surface area contributed by atoms with Crippen LogP contribution < -0.4 is 5.32 Å². The number of imidazole rings is 1. The lowest BCUT2D eigenvalue weighted by Gasteiger charge is -2.16. The van der Waals surface area contributed by atoms with Crippen molar-refractivity contribution >= 4 is 0 Å². The Morgan fingerprint density at radius 1 is 1.29 bits per heavy atom. The van der Waals surface area contributed by atoms with Crippen molar-refractivity contribution in [2.24, 2.45) is 0 Å². The van der Waals surface area contributed by atoms with E-state index in [-0.39, 0.29) is 0 Å². The summed E-state index contributed by atoms with van der Waals surface area (Å²) in [5.74, 6) is 1.15. The smallest absolute Gasteiger partial charge is 0.122 e. The molecule has 4 heteroatoms. The molecule has 0 bridgehead atoms. The maximum absolute atomic E-state index is 4.42. The average molecular weight is 236 g/mol. The van der Waals surface area contributed by atoms with Gasteiger partial charge in [-0.15, -0.1) is 0 Å². The van der Waals surface area contributed by atoms with Crippen LogP contribution in [0.5, 0.6) is 0 Å².